The number of likely N-dealkylation sites (N-methyl/N-ethyl adjacent to an activating group) is 1. The largest absolute Gasteiger partial charge is 0.508 e. The number of aliphatic hydroxyl groups is 3. The number of phenolic OH excluding ortho intramolecular Hbond substituents is 1. The fourth-order valence-electron chi connectivity index (χ4n) is 6.29. The van der Waals surface area contributed by atoms with Crippen molar-refractivity contribution in [3.63, 3.8) is 0 Å². The molecule has 4 atom stereocenters. The van der Waals surface area contributed by atoms with Gasteiger partial charge in [-0.25, -0.2) is 4.39 Å². The van der Waals surface area contributed by atoms with Crippen molar-refractivity contribution in [3.8, 4) is 5.75 Å². The number of aromatic hydroxyl groups is 1. The van der Waals surface area contributed by atoms with Gasteiger partial charge in [-0.2, -0.15) is 0 Å². The molecule has 8 N–H and O–H groups in total. The average molecular weight is 561 g/mol. The van der Waals surface area contributed by atoms with Gasteiger partial charge in [-0.05, 0) is 60.2 Å². The fraction of sp³-hybridized carbons (Fsp3) is 0.536. The summed E-state index contributed by atoms with van der Waals surface area (Å²) in [6, 6.07) is -1.22. The zero-order valence-electron chi connectivity index (χ0n) is 23.5. The molecule has 12 heteroatoms. The average Bonchev–Trinajstić information content (AvgIpc) is 2.86. The van der Waals surface area contributed by atoms with E-state index in [1.165, 1.54) is 19.0 Å². The Kier molecular flexibility index (Phi) is 7.05. The van der Waals surface area contributed by atoms with Crippen LogP contribution < -0.4 is 11.5 Å². The number of anilines is 1. The Hall–Kier alpha value is -3.48. The minimum atomic E-state index is -2.77. The lowest BCUT2D eigenvalue weighted by molar-refractivity contribution is -0.153. The van der Waals surface area contributed by atoms with Gasteiger partial charge in [0.25, 0.3) is 5.91 Å². The number of nitrogens with zero attached hydrogens (tertiary/aromatic N) is 2. The van der Waals surface area contributed by atoms with Crippen LogP contribution in [0.4, 0.5) is 10.1 Å². The van der Waals surface area contributed by atoms with E-state index in [0.717, 1.165) is 6.42 Å². The summed E-state index contributed by atoms with van der Waals surface area (Å²) < 4.78 is 16.1. The van der Waals surface area contributed by atoms with Gasteiger partial charge in [0.05, 0.1) is 17.3 Å². The van der Waals surface area contributed by atoms with Crippen LogP contribution in [-0.2, 0) is 27.3 Å². The van der Waals surface area contributed by atoms with E-state index in [0.29, 0.717) is 0 Å². The molecule has 0 spiro atoms. The lowest BCUT2D eigenvalue weighted by Crippen LogP contribution is -2.65. The molecule has 40 heavy (non-hydrogen) atoms. The molecule has 0 heterocycles. The Morgan fingerprint density at radius 2 is 1.77 bits per heavy atom. The first-order chi connectivity index (χ1) is 18.4. The van der Waals surface area contributed by atoms with Gasteiger partial charge in [0.15, 0.2) is 11.4 Å². The van der Waals surface area contributed by atoms with Crippen LogP contribution in [0, 0.1) is 17.7 Å². The highest BCUT2D eigenvalue weighted by Crippen LogP contribution is 2.54. The molecule has 1 saturated carbocycles. The number of phenols is 1. The number of ketones is 2. The first-order valence-corrected chi connectivity index (χ1v) is 13.1. The second-order valence-corrected chi connectivity index (χ2v) is 11.9. The maximum atomic E-state index is 16.1. The molecule has 0 radical (unpaired) electrons. The van der Waals surface area contributed by atoms with Crippen molar-refractivity contribution >= 4 is 28.9 Å². The van der Waals surface area contributed by atoms with Crippen LogP contribution in [0.15, 0.2) is 16.9 Å². The van der Waals surface area contributed by atoms with Crippen LogP contribution in [0.2, 0.25) is 0 Å². The van der Waals surface area contributed by atoms with E-state index in [9.17, 15) is 34.8 Å². The summed E-state index contributed by atoms with van der Waals surface area (Å²) in [6.07, 6.45) is 0.477. The second-order valence-electron chi connectivity index (χ2n) is 11.9. The molecule has 1 aromatic rings. The van der Waals surface area contributed by atoms with Gasteiger partial charge in [-0.3, -0.25) is 24.2 Å². The molecule has 0 bridgehead atoms. The topological polar surface area (TPSA) is 191 Å². The molecule has 1 fully saturated rings. The van der Waals surface area contributed by atoms with E-state index in [2.05, 4.69) is 0 Å². The molecule has 3 aliphatic carbocycles. The smallest absolute Gasteiger partial charge is 0.255 e. The number of aliphatic hydroxyl groups excluding tert-OH is 2. The van der Waals surface area contributed by atoms with Crippen molar-refractivity contribution in [3.05, 3.63) is 39.4 Å². The molecule has 0 aromatic heterocycles. The lowest BCUT2D eigenvalue weighted by atomic mass is 9.57. The molecular weight excluding hydrogens is 523 g/mol. The van der Waals surface area contributed by atoms with E-state index in [4.69, 9.17) is 11.5 Å². The number of nitrogen functional groups attached to an aromatic ring is 1. The summed E-state index contributed by atoms with van der Waals surface area (Å²) in [5.41, 5.74) is 6.47. The number of carbonyl (C=O) groups excluding carboxylic acids is 3. The predicted octanol–water partition coefficient (Wildman–Crippen LogP) is 1.31. The Balaban J connectivity index is 1.93. The van der Waals surface area contributed by atoms with Crippen molar-refractivity contribution in [2.45, 2.75) is 63.8 Å². The number of nitrogens with two attached hydrogens (primary N) is 2. The zero-order valence-corrected chi connectivity index (χ0v) is 23.5. The van der Waals surface area contributed by atoms with E-state index >= 15 is 4.39 Å². The van der Waals surface area contributed by atoms with Crippen molar-refractivity contribution < 1.29 is 39.2 Å². The third-order valence-corrected chi connectivity index (χ3v) is 9.26. The Bertz CT molecular complexity index is 1400. The van der Waals surface area contributed by atoms with Crippen LogP contribution in [0.5, 0.6) is 5.75 Å². The summed E-state index contributed by atoms with van der Waals surface area (Å²) >= 11 is 0. The van der Waals surface area contributed by atoms with Gasteiger partial charge in [0.2, 0.25) is 5.78 Å². The number of Topliss-reactive ketones (excluding diaryl/α,β-unsaturated/α-hetero) is 2. The molecule has 11 nitrogen and oxygen atoms in total. The van der Waals surface area contributed by atoms with Gasteiger partial charge in [-0.1, -0.05) is 6.92 Å². The Labute approximate surface area is 231 Å². The van der Waals surface area contributed by atoms with Crippen molar-refractivity contribution in [1.82, 2.24) is 9.80 Å². The highest BCUT2D eigenvalue weighted by Gasteiger charge is 2.64. The predicted molar refractivity (Wildman–Crippen MR) is 144 cm³/mol. The standard InChI is InChI=1S/C28H37FN4O7/c1-7-27(2,3)33(6)10-13-18(29)12-8-11-9-14-20(32(4)5)23(36)17(26(31)39)25(38)28(14,40)24(37)15(11)21(34)16(12)22(35)19(13)30/h11,14,20,34-35,38,40H,7-10,30H2,1-6H3,(H2,31,39)/t11-,14-,20-,28-/m0/s1. The number of hydrogen-bond acceptors (Lipinski definition) is 10. The molecule has 0 saturated heterocycles. The van der Waals surface area contributed by atoms with E-state index < -0.39 is 69.6 Å². The number of amides is 1. The monoisotopic (exact) mass is 560 g/mol. The quantitative estimate of drug-likeness (QED) is 0.168. The first-order valence-electron chi connectivity index (χ1n) is 13.1. The SMILES string of the molecule is CCC(C)(C)N(C)Cc1c(N)c(O)c2c(c1F)C[C@H]1C[C@H]3[C@H](N(C)C)C(=O)C(C(N)=O)=C(O)[C@@]3(O)C(=O)C1=C2O. The second kappa shape index (κ2) is 9.57. The number of fused-ring (bicyclic) bond motifs is 3. The van der Waals surface area contributed by atoms with Gasteiger partial charge < -0.3 is 31.9 Å². The zero-order chi connectivity index (χ0) is 30.2. The van der Waals surface area contributed by atoms with Gasteiger partial charge >= 0.3 is 0 Å². The summed E-state index contributed by atoms with van der Waals surface area (Å²) in [7, 11) is 4.82. The van der Waals surface area contributed by atoms with Crippen LogP contribution in [0.3, 0.4) is 0 Å². The van der Waals surface area contributed by atoms with E-state index in [1.54, 1.807) is 7.05 Å². The van der Waals surface area contributed by atoms with Crippen LogP contribution in [0.1, 0.15) is 50.3 Å². The lowest BCUT2D eigenvalue weighted by Gasteiger charge is -2.50. The highest BCUT2D eigenvalue weighted by molar-refractivity contribution is 6.24. The Morgan fingerprint density at radius 1 is 1.18 bits per heavy atom. The maximum Gasteiger partial charge on any atom is 0.255 e. The number of rotatable bonds is 6. The van der Waals surface area contributed by atoms with Crippen molar-refractivity contribution in [2.24, 2.45) is 17.6 Å². The van der Waals surface area contributed by atoms with Crippen LogP contribution in [-0.4, -0.2) is 86.0 Å². The number of carbonyl (C=O) groups is 3. The van der Waals surface area contributed by atoms with Crippen molar-refractivity contribution in [1.29, 1.82) is 0 Å². The van der Waals surface area contributed by atoms with Crippen LogP contribution in [0.25, 0.3) is 5.76 Å². The summed E-state index contributed by atoms with van der Waals surface area (Å²) in [6.45, 7) is 6.02. The van der Waals surface area contributed by atoms with E-state index in [-0.39, 0.29) is 52.9 Å². The minimum absolute atomic E-state index is 0.0425. The normalized spacial score (nSPS) is 26.8. The van der Waals surface area contributed by atoms with Crippen molar-refractivity contribution in [2.75, 3.05) is 26.9 Å². The minimum Gasteiger partial charge on any atom is -0.508 e. The van der Waals surface area contributed by atoms with Gasteiger partial charge in [-0.15, -0.1) is 0 Å². The number of halogens is 1. The highest BCUT2D eigenvalue weighted by atomic mass is 19.1. The third-order valence-electron chi connectivity index (χ3n) is 9.26. The van der Waals surface area contributed by atoms with E-state index in [1.807, 2.05) is 25.7 Å². The molecular formula is C28H37FN4O7. The van der Waals surface area contributed by atoms with Gasteiger partial charge in [0.1, 0.15) is 28.7 Å². The first kappa shape index (κ1) is 29.5. The molecule has 4 rings (SSSR count). The summed E-state index contributed by atoms with van der Waals surface area (Å²) in [4.78, 5) is 42.4. The van der Waals surface area contributed by atoms with Crippen LogP contribution >= 0.6 is 0 Å². The number of primary amides is 1. The molecule has 0 unspecified atom stereocenters. The number of benzene rings is 1. The maximum absolute atomic E-state index is 16.1. The third kappa shape index (κ3) is 3.92. The molecule has 1 amide bonds. The fourth-order valence-corrected chi connectivity index (χ4v) is 6.29. The molecule has 3 aliphatic rings. The Morgan fingerprint density at radius 3 is 2.30 bits per heavy atom. The molecule has 218 valence electrons. The summed E-state index contributed by atoms with van der Waals surface area (Å²) in [5.74, 6) is -8.77. The molecule has 0 aliphatic heterocycles. The summed E-state index contributed by atoms with van der Waals surface area (Å²) in [5, 5.41) is 44.9. The number of hydrogen-bond donors (Lipinski definition) is 6. The molecule has 1 aromatic carbocycles. The van der Waals surface area contributed by atoms with Gasteiger partial charge in [0, 0.05) is 34.7 Å².